The van der Waals surface area contributed by atoms with E-state index >= 15 is 0 Å². The van der Waals surface area contributed by atoms with E-state index in [2.05, 4.69) is 22.0 Å². The number of ether oxygens (including phenoxy) is 1. The van der Waals surface area contributed by atoms with Crippen molar-refractivity contribution in [2.45, 2.75) is 26.7 Å². The molecule has 0 saturated carbocycles. The van der Waals surface area contributed by atoms with Gasteiger partial charge in [-0.25, -0.2) is 0 Å². The maximum absolute atomic E-state index is 8.87. The van der Waals surface area contributed by atoms with Crippen LogP contribution >= 0.6 is 27.5 Å². The average molecular weight is 317 g/mol. The Morgan fingerprint density at radius 2 is 2.18 bits per heavy atom. The third-order valence-electron chi connectivity index (χ3n) is 2.40. The molecule has 0 atom stereocenters. The smallest absolute Gasteiger partial charge is 0.133 e. The molecule has 0 aromatic heterocycles. The van der Waals surface area contributed by atoms with Crippen LogP contribution in [-0.4, -0.2) is 6.61 Å². The molecule has 0 bridgehead atoms. The maximum Gasteiger partial charge on any atom is 0.133 e. The van der Waals surface area contributed by atoms with Crippen LogP contribution in [0.2, 0.25) is 5.02 Å². The molecule has 0 heterocycles. The standard InChI is InChI=1S/C13H15BrClNO/c1-13(2,9-16)6-3-7-17-12-5-4-10(15)8-11(12)14/h4-5,8H,3,6-7H2,1-2H3. The highest BCUT2D eigenvalue weighted by Gasteiger charge is 2.15. The Morgan fingerprint density at radius 1 is 1.47 bits per heavy atom. The monoisotopic (exact) mass is 315 g/mol. The zero-order valence-electron chi connectivity index (χ0n) is 9.96. The number of nitriles is 1. The highest BCUT2D eigenvalue weighted by atomic mass is 79.9. The van der Waals surface area contributed by atoms with Crippen LogP contribution in [0.4, 0.5) is 0 Å². The Bertz CT molecular complexity index is 426. The van der Waals surface area contributed by atoms with E-state index in [9.17, 15) is 0 Å². The molecule has 0 fully saturated rings. The molecular weight excluding hydrogens is 302 g/mol. The Kier molecular flexibility index (Phi) is 5.30. The van der Waals surface area contributed by atoms with Crippen molar-refractivity contribution < 1.29 is 4.74 Å². The predicted octanol–water partition coefficient (Wildman–Crippen LogP) is 4.81. The topological polar surface area (TPSA) is 33.0 Å². The van der Waals surface area contributed by atoms with Crippen LogP contribution in [0, 0.1) is 16.7 Å². The predicted molar refractivity (Wildman–Crippen MR) is 73.3 cm³/mol. The summed E-state index contributed by atoms with van der Waals surface area (Å²) in [5.74, 6) is 0.782. The second-order valence-corrected chi connectivity index (χ2v) is 5.81. The van der Waals surface area contributed by atoms with E-state index in [0.29, 0.717) is 11.6 Å². The largest absolute Gasteiger partial charge is 0.492 e. The minimum absolute atomic E-state index is 0.277. The van der Waals surface area contributed by atoms with E-state index in [4.69, 9.17) is 21.6 Å². The molecule has 0 spiro atoms. The number of nitrogens with zero attached hydrogens (tertiary/aromatic N) is 1. The lowest BCUT2D eigenvalue weighted by Crippen LogP contribution is -2.10. The third kappa shape index (κ3) is 4.97. The molecule has 0 radical (unpaired) electrons. The SMILES string of the molecule is CC(C)(C#N)CCCOc1ccc(Cl)cc1Br. The van der Waals surface area contributed by atoms with Crippen LogP contribution in [0.15, 0.2) is 22.7 Å². The summed E-state index contributed by atoms with van der Waals surface area (Å²) < 4.78 is 6.47. The van der Waals surface area contributed by atoms with E-state index in [0.717, 1.165) is 23.1 Å². The molecule has 1 aromatic carbocycles. The Morgan fingerprint density at radius 3 is 2.76 bits per heavy atom. The molecule has 92 valence electrons. The molecule has 1 rings (SSSR count). The second-order valence-electron chi connectivity index (χ2n) is 4.52. The highest BCUT2D eigenvalue weighted by Crippen LogP contribution is 2.28. The lowest BCUT2D eigenvalue weighted by molar-refractivity contribution is 0.283. The number of rotatable bonds is 5. The molecule has 17 heavy (non-hydrogen) atoms. The van der Waals surface area contributed by atoms with Gasteiger partial charge in [-0.2, -0.15) is 5.26 Å². The van der Waals surface area contributed by atoms with Gasteiger partial charge in [0.2, 0.25) is 0 Å². The van der Waals surface area contributed by atoms with Gasteiger partial charge in [-0.3, -0.25) is 0 Å². The van der Waals surface area contributed by atoms with Crippen molar-refractivity contribution in [1.82, 2.24) is 0 Å². The Labute approximate surface area is 116 Å². The van der Waals surface area contributed by atoms with Crippen LogP contribution in [0.5, 0.6) is 5.75 Å². The van der Waals surface area contributed by atoms with Gasteiger partial charge in [0, 0.05) is 5.02 Å². The second kappa shape index (κ2) is 6.28. The molecule has 1 aromatic rings. The number of halogens is 2. The van der Waals surface area contributed by atoms with Gasteiger partial charge < -0.3 is 4.74 Å². The third-order valence-corrected chi connectivity index (χ3v) is 3.26. The van der Waals surface area contributed by atoms with Crippen molar-refractivity contribution in [1.29, 1.82) is 5.26 Å². The van der Waals surface area contributed by atoms with Crippen LogP contribution in [0.3, 0.4) is 0 Å². The van der Waals surface area contributed by atoms with Gasteiger partial charge in [0.25, 0.3) is 0 Å². The first-order chi connectivity index (χ1) is 7.94. The van der Waals surface area contributed by atoms with Crippen molar-refractivity contribution in [3.8, 4) is 11.8 Å². The van der Waals surface area contributed by atoms with Gasteiger partial charge in [-0.1, -0.05) is 11.6 Å². The minimum Gasteiger partial charge on any atom is -0.492 e. The quantitative estimate of drug-likeness (QED) is 0.730. The summed E-state index contributed by atoms with van der Waals surface area (Å²) in [4.78, 5) is 0. The number of hydrogen-bond acceptors (Lipinski definition) is 2. The van der Waals surface area contributed by atoms with Gasteiger partial charge in [0.15, 0.2) is 0 Å². The average Bonchev–Trinajstić information content (AvgIpc) is 2.27. The number of hydrogen-bond donors (Lipinski definition) is 0. The van der Waals surface area contributed by atoms with Crippen molar-refractivity contribution in [2.75, 3.05) is 6.61 Å². The zero-order valence-corrected chi connectivity index (χ0v) is 12.3. The van der Waals surface area contributed by atoms with Crippen LogP contribution in [0.1, 0.15) is 26.7 Å². The fraction of sp³-hybridized carbons (Fsp3) is 0.462. The molecule has 0 unspecified atom stereocenters. The minimum atomic E-state index is -0.277. The molecule has 0 aliphatic heterocycles. The normalized spacial score (nSPS) is 11.0. The van der Waals surface area contributed by atoms with Crippen molar-refractivity contribution in [3.05, 3.63) is 27.7 Å². The molecule has 4 heteroatoms. The fourth-order valence-electron chi connectivity index (χ4n) is 1.34. The molecule has 0 N–H and O–H groups in total. The molecular formula is C13H15BrClNO. The van der Waals surface area contributed by atoms with E-state index in [-0.39, 0.29) is 5.41 Å². The Hall–Kier alpha value is -0.720. The summed E-state index contributed by atoms with van der Waals surface area (Å²) in [6.45, 7) is 4.47. The Balaban J connectivity index is 2.39. The fourth-order valence-corrected chi connectivity index (χ4v) is 2.14. The summed E-state index contributed by atoms with van der Waals surface area (Å²) in [5.41, 5.74) is -0.277. The first-order valence-electron chi connectivity index (χ1n) is 5.44. The summed E-state index contributed by atoms with van der Waals surface area (Å²) in [6.07, 6.45) is 1.68. The lowest BCUT2D eigenvalue weighted by atomic mass is 9.90. The first kappa shape index (κ1) is 14.3. The van der Waals surface area contributed by atoms with E-state index in [1.807, 2.05) is 19.9 Å². The van der Waals surface area contributed by atoms with Gasteiger partial charge in [0.1, 0.15) is 5.75 Å². The van der Waals surface area contributed by atoms with Crippen LogP contribution < -0.4 is 4.74 Å². The van der Waals surface area contributed by atoms with E-state index in [1.54, 1.807) is 12.1 Å². The van der Waals surface area contributed by atoms with E-state index in [1.165, 1.54) is 0 Å². The van der Waals surface area contributed by atoms with Crippen LogP contribution in [0.25, 0.3) is 0 Å². The van der Waals surface area contributed by atoms with Gasteiger partial charge in [-0.15, -0.1) is 0 Å². The van der Waals surface area contributed by atoms with Crippen molar-refractivity contribution in [2.24, 2.45) is 5.41 Å². The summed E-state index contributed by atoms with van der Waals surface area (Å²) in [7, 11) is 0. The summed E-state index contributed by atoms with van der Waals surface area (Å²) in [5, 5.41) is 9.55. The zero-order chi connectivity index (χ0) is 12.9. The first-order valence-corrected chi connectivity index (χ1v) is 6.61. The number of benzene rings is 1. The maximum atomic E-state index is 8.87. The van der Waals surface area contributed by atoms with Gasteiger partial charge >= 0.3 is 0 Å². The molecule has 2 nitrogen and oxygen atoms in total. The highest BCUT2D eigenvalue weighted by molar-refractivity contribution is 9.10. The lowest BCUT2D eigenvalue weighted by Gasteiger charge is -2.15. The van der Waals surface area contributed by atoms with Crippen molar-refractivity contribution in [3.63, 3.8) is 0 Å². The van der Waals surface area contributed by atoms with Gasteiger partial charge in [-0.05, 0) is 60.8 Å². The van der Waals surface area contributed by atoms with E-state index < -0.39 is 0 Å². The summed E-state index contributed by atoms with van der Waals surface area (Å²) in [6, 6.07) is 7.71. The van der Waals surface area contributed by atoms with Crippen LogP contribution in [-0.2, 0) is 0 Å². The molecule has 0 saturated heterocycles. The molecule has 0 amide bonds. The summed E-state index contributed by atoms with van der Waals surface area (Å²) >= 11 is 9.23. The molecule has 0 aliphatic carbocycles. The molecule has 0 aliphatic rings. The van der Waals surface area contributed by atoms with Crippen molar-refractivity contribution >= 4 is 27.5 Å². The van der Waals surface area contributed by atoms with Gasteiger partial charge in [0.05, 0.1) is 22.6 Å².